The minimum absolute atomic E-state index is 0.0206. The molecule has 0 aliphatic carbocycles. The van der Waals surface area contributed by atoms with E-state index in [0.717, 1.165) is 6.42 Å². The van der Waals surface area contributed by atoms with Gasteiger partial charge in [-0.2, -0.15) is 0 Å². The molecule has 1 aromatic carbocycles. The number of hydrogen-bond donors (Lipinski definition) is 1. The Hall–Kier alpha value is -2.28. The lowest BCUT2D eigenvalue weighted by Gasteiger charge is -2.37. The van der Waals surface area contributed by atoms with E-state index in [1.54, 1.807) is 18.2 Å². The summed E-state index contributed by atoms with van der Waals surface area (Å²) in [5.74, 6) is 0.484. The third-order valence-electron chi connectivity index (χ3n) is 4.69. The van der Waals surface area contributed by atoms with Gasteiger partial charge in [0.25, 0.3) is 5.91 Å². The maximum absolute atomic E-state index is 12.7. The van der Waals surface area contributed by atoms with E-state index in [0.29, 0.717) is 56.5 Å². The number of carboxylic acid groups (broad SMARTS) is 1. The molecule has 0 saturated carbocycles. The summed E-state index contributed by atoms with van der Waals surface area (Å²) in [6.07, 6.45) is 0.949. The highest BCUT2D eigenvalue weighted by Crippen LogP contribution is 2.31. The molecule has 2 aliphatic heterocycles. The highest BCUT2D eigenvalue weighted by Gasteiger charge is 2.26. The van der Waals surface area contributed by atoms with Crippen molar-refractivity contribution in [1.29, 1.82) is 0 Å². The number of carboxylic acids is 1. The lowest BCUT2D eigenvalue weighted by Crippen LogP contribution is -2.51. The van der Waals surface area contributed by atoms with Gasteiger partial charge in [0.05, 0.1) is 19.6 Å². The van der Waals surface area contributed by atoms with Crippen LogP contribution in [0, 0.1) is 0 Å². The molecule has 7 nitrogen and oxygen atoms in total. The van der Waals surface area contributed by atoms with Crippen molar-refractivity contribution >= 4 is 11.9 Å². The van der Waals surface area contributed by atoms with Crippen LogP contribution in [0.1, 0.15) is 30.1 Å². The molecule has 2 aliphatic rings. The Morgan fingerprint density at radius 3 is 2.48 bits per heavy atom. The molecule has 25 heavy (non-hydrogen) atoms. The first kappa shape index (κ1) is 17.5. The minimum atomic E-state index is -0.793. The number of piperazine rings is 1. The molecule has 7 heteroatoms. The zero-order chi connectivity index (χ0) is 17.8. The fourth-order valence-electron chi connectivity index (χ4n) is 3.23. The lowest BCUT2D eigenvalue weighted by atomic mass is 10.1. The number of carbonyl (C=O) groups excluding carboxylic acids is 1. The van der Waals surface area contributed by atoms with Crippen LogP contribution in [0.15, 0.2) is 18.2 Å². The molecule has 1 amide bonds. The van der Waals surface area contributed by atoms with Crippen molar-refractivity contribution < 1.29 is 24.2 Å². The largest absolute Gasteiger partial charge is 0.490 e. The van der Waals surface area contributed by atoms with Crippen molar-refractivity contribution in [3.63, 3.8) is 0 Å². The highest BCUT2D eigenvalue weighted by atomic mass is 16.5. The summed E-state index contributed by atoms with van der Waals surface area (Å²) in [5, 5.41) is 8.91. The minimum Gasteiger partial charge on any atom is -0.490 e. The van der Waals surface area contributed by atoms with Crippen LogP contribution >= 0.6 is 0 Å². The van der Waals surface area contributed by atoms with Crippen molar-refractivity contribution in [1.82, 2.24) is 9.80 Å². The van der Waals surface area contributed by atoms with Gasteiger partial charge in [-0.3, -0.25) is 14.5 Å². The van der Waals surface area contributed by atoms with Crippen LogP contribution < -0.4 is 9.47 Å². The van der Waals surface area contributed by atoms with Gasteiger partial charge in [0, 0.05) is 44.2 Å². The van der Waals surface area contributed by atoms with E-state index in [-0.39, 0.29) is 18.4 Å². The fourth-order valence-corrected chi connectivity index (χ4v) is 3.23. The number of benzene rings is 1. The second kappa shape index (κ2) is 7.74. The SMILES string of the molecule is CC(CC(=O)O)N1CCN(C(=O)c2ccc3c(c2)OCCCO3)CC1. The predicted octanol–water partition coefficient (Wildman–Crippen LogP) is 1.47. The molecule has 0 bridgehead atoms. The van der Waals surface area contributed by atoms with Crippen molar-refractivity contribution in [3.8, 4) is 11.5 Å². The molecular formula is C18H24N2O5. The molecule has 2 heterocycles. The molecule has 0 aromatic heterocycles. The second-order valence-electron chi connectivity index (χ2n) is 6.49. The van der Waals surface area contributed by atoms with Gasteiger partial charge in [0.1, 0.15) is 0 Å². The molecule has 1 unspecified atom stereocenters. The van der Waals surface area contributed by atoms with Crippen LogP contribution in [0.2, 0.25) is 0 Å². The number of carbonyl (C=O) groups is 2. The number of hydrogen-bond acceptors (Lipinski definition) is 5. The van der Waals surface area contributed by atoms with Crippen molar-refractivity contribution in [2.45, 2.75) is 25.8 Å². The van der Waals surface area contributed by atoms with Gasteiger partial charge >= 0.3 is 5.97 Å². The van der Waals surface area contributed by atoms with Crippen LogP contribution in [0.3, 0.4) is 0 Å². The molecule has 1 atom stereocenters. The third kappa shape index (κ3) is 4.22. The van der Waals surface area contributed by atoms with Crippen LogP contribution in [-0.2, 0) is 4.79 Å². The molecule has 1 fully saturated rings. The lowest BCUT2D eigenvalue weighted by molar-refractivity contribution is -0.138. The van der Waals surface area contributed by atoms with Gasteiger partial charge in [-0.05, 0) is 25.1 Å². The summed E-state index contributed by atoms with van der Waals surface area (Å²) in [4.78, 5) is 27.5. The number of aliphatic carboxylic acids is 1. The van der Waals surface area contributed by atoms with Gasteiger partial charge in [0.15, 0.2) is 11.5 Å². The van der Waals surface area contributed by atoms with Crippen LogP contribution in [0.4, 0.5) is 0 Å². The molecular weight excluding hydrogens is 324 g/mol. The smallest absolute Gasteiger partial charge is 0.304 e. The number of amides is 1. The van der Waals surface area contributed by atoms with Gasteiger partial charge in [0.2, 0.25) is 0 Å². The Kier molecular flexibility index (Phi) is 5.43. The van der Waals surface area contributed by atoms with E-state index in [9.17, 15) is 9.59 Å². The Bertz CT molecular complexity index is 640. The zero-order valence-corrected chi connectivity index (χ0v) is 14.4. The topological polar surface area (TPSA) is 79.3 Å². The Balaban J connectivity index is 1.61. The second-order valence-corrected chi connectivity index (χ2v) is 6.49. The van der Waals surface area contributed by atoms with Gasteiger partial charge < -0.3 is 19.5 Å². The molecule has 1 N–H and O–H groups in total. The first-order chi connectivity index (χ1) is 12.0. The normalized spacial score (nSPS) is 19.2. The summed E-state index contributed by atoms with van der Waals surface area (Å²) in [5.41, 5.74) is 0.594. The fraction of sp³-hybridized carbons (Fsp3) is 0.556. The molecule has 0 spiro atoms. The summed E-state index contributed by atoms with van der Waals surface area (Å²) in [6.45, 7) is 5.68. The van der Waals surface area contributed by atoms with Crippen molar-refractivity contribution in [3.05, 3.63) is 23.8 Å². The average molecular weight is 348 g/mol. The first-order valence-electron chi connectivity index (χ1n) is 8.69. The molecule has 0 radical (unpaired) electrons. The van der Waals surface area contributed by atoms with Crippen molar-refractivity contribution in [2.24, 2.45) is 0 Å². The molecule has 3 rings (SSSR count). The Morgan fingerprint density at radius 2 is 1.80 bits per heavy atom. The molecule has 1 saturated heterocycles. The maximum atomic E-state index is 12.7. The number of nitrogens with zero attached hydrogens (tertiary/aromatic N) is 2. The Morgan fingerprint density at radius 1 is 1.12 bits per heavy atom. The van der Waals surface area contributed by atoms with Gasteiger partial charge in [-0.25, -0.2) is 0 Å². The monoisotopic (exact) mass is 348 g/mol. The number of fused-ring (bicyclic) bond motifs is 1. The van der Waals surface area contributed by atoms with E-state index in [2.05, 4.69) is 4.90 Å². The summed E-state index contributed by atoms with van der Waals surface area (Å²) < 4.78 is 11.2. The van der Waals surface area contributed by atoms with Crippen LogP contribution in [0.25, 0.3) is 0 Å². The van der Waals surface area contributed by atoms with Crippen LogP contribution in [-0.4, -0.2) is 72.2 Å². The highest BCUT2D eigenvalue weighted by molar-refractivity contribution is 5.95. The van der Waals surface area contributed by atoms with E-state index >= 15 is 0 Å². The maximum Gasteiger partial charge on any atom is 0.304 e. The predicted molar refractivity (Wildman–Crippen MR) is 91.2 cm³/mol. The summed E-state index contributed by atoms with van der Waals surface area (Å²) >= 11 is 0. The van der Waals surface area contributed by atoms with Gasteiger partial charge in [-0.15, -0.1) is 0 Å². The van der Waals surface area contributed by atoms with Crippen molar-refractivity contribution in [2.75, 3.05) is 39.4 Å². The zero-order valence-electron chi connectivity index (χ0n) is 14.4. The number of rotatable bonds is 4. The average Bonchev–Trinajstić information content (AvgIpc) is 2.85. The van der Waals surface area contributed by atoms with E-state index in [1.165, 1.54) is 0 Å². The van der Waals surface area contributed by atoms with E-state index in [1.807, 2.05) is 11.8 Å². The van der Waals surface area contributed by atoms with Crippen LogP contribution in [0.5, 0.6) is 11.5 Å². The standard InChI is InChI=1S/C18H24N2O5/c1-13(11-17(21)22)19-5-7-20(8-6-19)18(23)14-3-4-15-16(12-14)25-10-2-9-24-15/h3-4,12-13H,2,5-11H2,1H3,(H,21,22). The number of ether oxygens (including phenoxy) is 2. The first-order valence-corrected chi connectivity index (χ1v) is 8.69. The molecule has 1 aromatic rings. The summed E-state index contributed by atoms with van der Waals surface area (Å²) in [6, 6.07) is 5.30. The molecule has 136 valence electrons. The van der Waals surface area contributed by atoms with Gasteiger partial charge in [-0.1, -0.05) is 0 Å². The third-order valence-corrected chi connectivity index (χ3v) is 4.69. The van der Waals surface area contributed by atoms with E-state index < -0.39 is 5.97 Å². The Labute approximate surface area is 147 Å². The van der Waals surface area contributed by atoms with E-state index in [4.69, 9.17) is 14.6 Å². The quantitative estimate of drug-likeness (QED) is 0.888. The summed E-state index contributed by atoms with van der Waals surface area (Å²) in [7, 11) is 0.